The maximum atomic E-state index is 13.5. The molecule has 0 saturated carbocycles. The molecule has 2 aromatic carbocycles. The Balaban J connectivity index is 1.78. The summed E-state index contributed by atoms with van der Waals surface area (Å²) in [6, 6.07) is 9.86. The Morgan fingerprint density at radius 2 is 2.04 bits per heavy atom. The fourth-order valence-electron chi connectivity index (χ4n) is 3.42. The largest absolute Gasteiger partial charge is 0.323 e. The van der Waals surface area contributed by atoms with Gasteiger partial charge < -0.3 is 15.1 Å². The van der Waals surface area contributed by atoms with Gasteiger partial charge in [-0.05, 0) is 47.9 Å². The van der Waals surface area contributed by atoms with Crippen LogP contribution in [-0.4, -0.2) is 42.5 Å². The predicted molar refractivity (Wildman–Crippen MR) is 107 cm³/mol. The predicted octanol–water partition coefficient (Wildman–Crippen LogP) is 4.64. The molecule has 0 aliphatic carbocycles. The monoisotopic (exact) mass is 409 g/mol. The molecule has 1 N–H and O–H groups in total. The average Bonchev–Trinajstić information content (AvgIpc) is 2.64. The topological polar surface area (TPSA) is 35.6 Å². The second-order valence-corrected chi connectivity index (χ2v) is 7.62. The third kappa shape index (κ3) is 4.54. The highest BCUT2D eigenvalue weighted by atomic mass is 35.5. The normalized spacial score (nSPS) is 17.1. The molecule has 2 amide bonds. The van der Waals surface area contributed by atoms with Crippen molar-refractivity contribution in [2.24, 2.45) is 0 Å². The first-order valence-electron chi connectivity index (χ1n) is 8.79. The lowest BCUT2D eigenvalue weighted by atomic mass is 9.98. The van der Waals surface area contributed by atoms with Gasteiger partial charge in [0.15, 0.2) is 0 Å². The fourth-order valence-corrected chi connectivity index (χ4v) is 3.74. The molecule has 1 atom stereocenters. The molecule has 0 bridgehead atoms. The van der Waals surface area contributed by atoms with Gasteiger partial charge in [0, 0.05) is 33.2 Å². The zero-order chi connectivity index (χ0) is 19.6. The highest BCUT2D eigenvalue weighted by Crippen LogP contribution is 2.28. The molecule has 0 spiro atoms. The maximum Gasteiger partial charge on any atom is 0.320 e. The molecule has 1 aliphatic rings. The van der Waals surface area contributed by atoms with Crippen molar-refractivity contribution >= 4 is 29.2 Å². The van der Waals surface area contributed by atoms with Crippen molar-refractivity contribution in [1.29, 1.82) is 0 Å². The summed E-state index contributed by atoms with van der Waals surface area (Å²) in [5.41, 5.74) is 2.71. The summed E-state index contributed by atoms with van der Waals surface area (Å²) >= 11 is 12.0. The van der Waals surface area contributed by atoms with E-state index in [1.807, 2.05) is 17.9 Å². The number of benzene rings is 2. The number of urea groups is 1. The molecular formula is C20H22Cl2FN3O. The minimum atomic E-state index is -0.269. The van der Waals surface area contributed by atoms with Gasteiger partial charge in [0.05, 0.1) is 16.1 Å². The van der Waals surface area contributed by atoms with E-state index in [-0.39, 0.29) is 17.9 Å². The molecule has 0 unspecified atom stereocenters. The zero-order valence-electron chi connectivity index (χ0n) is 15.3. The van der Waals surface area contributed by atoms with Crippen LogP contribution in [0.4, 0.5) is 9.18 Å². The Bertz CT molecular complexity index is 846. The van der Waals surface area contributed by atoms with Gasteiger partial charge in [0.2, 0.25) is 0 Å². The van der Waals surface area contributed by atoms with Crippen molar-refractivity contribution < 1.29 is 9.18 Å². The minimum absolute atomic E-state index is 0.0729. The van der Waals surface area contributed by atoms with Gasteiger partial charge >= 0.3 is 6.03 Å². The molecule has 1 heterocycles. The van der Waals surface area contributed by atoms with Crippen molar-refractivity contribution in [2.45, 2.75) is 19.5 Å². The standard InChI is InChI=1S/C20H22Cl2FN3O/c1-13-9-15(23)4-5-16(13)19-11-24-7-8-26(19)20(27)25(2)12-14-3-6-17(21)18(22)10-14/h3-6,9-10,19,24H,7-8,11-12H2,1-2H3/t19-/m1/s1. The van der Waals surface area contributed by atoms with E-state index in [2.05, 4.69) is 5.32 Å². The van der Waals surface area contributed by atoms with Crippen molar-refractivity contribution in [3.8, 4) is 0 Å². The summed E-state index contributed by atoms with van der Waals surface area (Å²) in [7, 11) is 1.77. The third-order valence-corrected chi connectivity index (χ3v) is 5.55. The number of carbonyl (C=O) groups excluding carboxylic acids is 1. The molecule has 1 fully saturated rings. The number of hydrogen-bond acceptors (Lipinski definition) is 2. The molecule has 4 nitrogen and oxygen atoms in total. The van der Waals surface area contributed by atoms with E-state index in [0.29, 0.717) is 29.7 Å². The number of aryl methyl sites for hydroxylation is 1. The lowest BCUT2D eigenvalue weighted by molar-refractivity contribution is 0.126. The van der Waals surface area contributed by atoms with Crippen LogP contribution in [0.1, 0.15) is 22.7 Å². The molecular weight excluding hydrogens is 388 g/mol. The number of nitrogens with one attached hydrogen (secondary N) is 1. The van der Waals surface area contributed by atoms with Gasteiger partial charge in [0.25, 0.3) is 0 Å². The highest BCUT2D eigenvalue weighted by Gasteiger charge is 2.30. The fraction of sp³-hybridized carbons (Fsp3) is 0.350. The summed E-state index contributed by atoms with van der Waals surface area (Å²) in [4.78, 5) is 16.6. The van der Waals surface area contributed by atoms with E-state index in [4.69, 9.17) is 23.2 Å². The van der Waals surface area contributed by atoms with Crippen LogP contribution in [-0.2, 0) is 6.54 Å². The highest BCUT2D eigenvalue weighted by molar-refractivity contribution is 6.42. The van der Waals surface area contributed by atoms with Crippen LogP contribution in [0, 0.1) is 12.7 Å². The van der Waals surface area contributed by atoms with Crippen molar-refractivity contribution in [3.05, 3.63) is 69.0 Å². The van der Waals surface area contributed by atoms with Crippen LogP contribution in [0.3, 0.4) is 0 Å². The summed E-state index contributed by atoms with van der Waals surface area (Å²) in [6.07, 6.45) is 0. The molecule has 144 valence electrons. The Morgan fingerprint density at radius 3 is 2.74 bits per heavy atom. The number of halogens is 3. The number of nitrogens with zero attached hydrogens (tertiary/aromatic N) is 2. The van der Waals surface area contributed by atoms with Crippen LogP contribution < -0.4 is 5.32 Å². The number of carbonyl (C=O) groups is 1. The van der Waals surface area contributed by atoms with Gasteiger partial charge in [-0.2, -0.15) is 0 Å². The first kappa shape index (κ1) is 19.9. The van der Waals surface area contributed by atoms with E-state index >= 15 is 0 Å². The zero-order valence-corrected chi connectivity index (χ0v) is 16.8. The first-order valence-corrected chi connectivity index (χ1v) is 9.55. The van der Waals surface area contributed by atoms with Crippen LogP contribution in [0.2, 0.25) is 10.0 Å². The van der Waals surface area contributed by atoms with Crippen molar-refractivity contribution in [3.63, 3.8) is 0 Å². The molecule has 0 aromatic heterocycles. The SMILES string of the molecule is Cc1cc(F)ccc1[C@H]1CNCCN1C(=O)N(C)Cc1ccc(Cl)c(Cl)c1. The molecule has 0 radical (unpaired) electrons. The maximum absolute atomic E-state index is 13.5. The summed E-state index contributed by atoms with van der Waals surface area (Å²) < 4.78 is 13.5. The Morgan fingerprint density at radius 1 is 1.26 bits per heavy atom. The van der Waals surface area contributed by atoms with E-state index < -0.39 is 0 Å². The average molecular weight is 410 g/mol. The summed E-state index contributed by atoms with van der Waals surface area (Å²) in [5.74, 6) is -0.269. The lowest BCUT2D eigenvalue weighted by Gasteiger charge is -2.39. The number of rotatable bonds is 3. The van der Waals surface area contributed by atoms with Crippen molar-refractivity contribution in [1.82, 2.24) is 15.1 Å². The Labute approximate surface area is 168 Å². The van der Waals surface area contributed by atoms with Crippen LogP contribution >= 0.6 is 23.2 Å². The smallest absolute Gasteiger partial charge is 0.320 e. The summed E-state index contributed by atoms with van der Waals surface area (Å²) in [6.45, 7) is 4.25. The van der Waals surface area contributed by atoms with Gasteiger partial charge in [-0.1, -0.05) is 35.3 Å². The Hall–Kier alpha value is -1.82. The minimum Gasteiger partial charge on any atom is -0.323 e. The van der Waals surface area contributed by atoms with E-state index in [1.54, 1.807) is 30.1 Å². The van der Waals surface area contributed by atoms with E-state index in [1.165, 1.54) is 12.1 Å². The molecule has 3 rings (SSSR count). The number of piperazine rings is 1. The van der Waals surface area contributed by atoms with Crippen LogP contribution in [0.5, 0.6) is 0 Å². The van der Waals surface area contributed by atoms with Crippen LogP contribution in [0.25, 0.3) is 0 Å². The molecule has 27 heavy (non-hydrogen) atoms. The van der Waals surface area contributed by atoms with E-state index in [9.17, 15) is 9.18 Å². The Kier molecular flexibility index (Phi) is 6.25. The van der Waals surface area contributed by atoms with Gasteiger partial charge in [0.1, 0.15) is 5.82 Å². The van der Waals surface area contributed by atoms with Crippen molar-refractivity contribution in [2.75, 3.05) is 26.7 Å². The number of amides is 2. The third-order valence-electron chi connectivity index (χ3n) is 4.81. The second-order valence-electron chi connectivity index (χ2n) is 6.80. The van der Waals surface area contributed by atoms with Gasteiger partial charge in [-0.3, -0.25) is 0 Å². The number of hydrogen-bond donors (Lipinski definition) is 1. The second kappa shape index (κ2) is 8.46. The van der Waals surface area contributed by atoms with Gasteiger partial charge in [-0.25, -0.2) is 9.18 Å². The quantitative estimate of drug-likeness (QED) is 0.801. The molecule has 2 aromatic rings. The van der Waals surface area contributed by atoms with Crippen LogP contribution in [0.15, 0.2) is 36.4 Å². The molecule has 1 saturated heterocycles. The molecule has 1 aliphatic heterocycles. The van der Waals surface area contributed by atoms with E-state index in [0.717, 1.165) is 23.2 Å². The lowest BCUT2D eigenvalue weighted by Crippen LogP contribution is -2.52. The molecule has 7 heteroatoms. The first-order chi connectivity index (χ1) is 12.9. The van der Waals surface area contributed by atoms with Gasteiger partial charge in [-0.15, -0.1) is 0 Å². The summed E-state index contributed by atoms with van der Waals surface area (Å²) in [5, 5.41) is 4.28.